The van der Waals surface area contributed by atoms with Crippen LogP contribution in [-0.4, -0.2) is 45.6 Å². The van der Waals surface area contributed by atoms with Crippen LogP contribution in [0, 0.1) is 0 Å². The molecule has 5 nitrogen and oxygen atoms in total. The van der Waals surface area contributed by atoms with Crippen LogP contribution >= 0.6 is 0 Å². The lowest BCUT2D eigenvalue weighted by Gasteiger charge is -2.41. The molecule has 3 fully saturated rings. The standard InChI is InChI=1S/C20H22N2O3/c23-18(9-6-14-4-2-1-3-5-14)21-15-7-8-16(21)13-17(12-15)22-19(24)10-11-20(22)25/h1-6,9,15-17H,7-8,10-13H2/b9-6+. The fourth-order valence-electron chi connectivity index (χ4n) is 4.54. The highest BCUT2D eigenvalue weighted by atomic mass is 16.2. The summed E-state index contributed by atoms with van der Waals surface area (Å²) < 4.78 is 0. The van der Waals surface area contributed by atoms with Gasteiger partial charge in [0.1, 0.15) is 0 Å². The summed E-state index contributed by atoms with van der Waals surface area (Å²) in [5.41, 5.74) is 1.01. The van der Waals surface area contributed by atoms with Crippen molar-refractivity contribution in [3.63, 3.8) is 0 Å². The number of rotatable bonds is 3. The summed E-state index contributed by atoms with van der Waals surface area (Å²) in [5.74, 6) is -0.0508. The minimum Gasteiger partial charge on any atom is -0.333 e. The van der Waals surface area contributed by atoms with E-state index in [2.05, 4.69) is 0 Å². The summed E-state index contributed by atoms with van der Waals surface area (Å²) >= 11 is 0. The molecular weight excluding hydrogens is 316 g/mol. The van der Waals surface area contributed by atoms with E-state index in [4.69, 9.17) is 0 Å². The van der Waals surface area contributed by atoms with Gasteiger partial charge in [-0.2, -0.15) is 0 Å². The molecule has 0 spiro atoms. The lowest BCUT2D eigenvalue weighted by molar-refractivity contribution is -0.143. The average Bonchev–Trinajstić information content (AvgIpc) is 3.09. The first-order valence-corrected chi connectivity index (χ1v) is 9.04. The smallest absolute Gasteiger partial charge is 0.247 e. The molecule has 0 aromatic heterocycles. The maximum absolute atomic E-state index is 12.7. The second-order valence-electron chi connectivity index (χ2n) is 7.16. The Balaban J connectivity index is 1.45. The van der Waals surface area contributed by atoms with Crippen LogP contribution in [-0.2, 0) is 14.4 Å². The number of hydrogen-bond donors (Lipinski definition) is 0. The van der Waals surface area contributed by atoms with Crippen LogP contribution in [0.15, 0.2) is 36.4 Å². The second kappa shape index (κ2) is 6.47. The zero-order chi connectivity index (χ0) is 17.4. The highest BCUT2D eigenvalue weighted by Gasteiger charge is 2.47. The molecule has 4 rings (SSSR count). The van der Waals surface area contributed by atoms with Gasteiger partial charge in [-0.1, -0.05) is 30.3 Å². The molecule has 2 unspecified atom stereocenters. The van der Waals surface area contributed by atoms with E-state index in [1.807, 2.05) is 41.3 Å². The fourth-order valence-corrected chi connectivity index (χ4v) is 4.54. The number of imide groups is 1. The Morgan fingerprint density at radius 1 is 0.920 bits per heavy atom. The van der Waals surface area contributed by atoms with E-state index < -0.39 is 0 Å². The summed E-state index contributed by atoms with van der Waals surface area (Å²) in [7, 11) is 0. The van der Waals surface area contributed by atoms with E-state index in [1.54, 1.807) is 6.08 Å². The molecule has 0 aliphatic carbocycles. The van der Waals surface area contributed by atoms with Crippen LogP contribution in [0.25, 0.3) is 6.08 Å². The number of carbonyl (C=O) groups is 3. The van der Waals surface area contributed by atoms with E-state index in [1.165, 1.54) is 4.90 Å². The average molecular weight is 338 g/mol. The van der Waals surface area contributed by atoms with Crippen molar-refractivity contribution in [3.05, 3.63) is 42.0 Å². The molecule has 5 heteroatoms. The van der Waals surface area contributed by atoms with Crippen molar-refractivity contribution in [2.75, 3.05) is 0 Å². The minimum atomic E-state index is -0.0434. The molecule has 3 heterocycles. The van der Waals surface area contributed by atoms with Crippen molar-refractivity contribution in [1.29, 1.82) is 0 Å². The zero-order valence-electron chi connectivity index (χ0n) is 14.1. The second-order valence-corrected chi connectivity index (χ2v) is 7.16. The molecule has 3 amide bonds. The largest absolute Gasteiger partial charge is 0.333 e. The van der Waals surface area contributed by atoms with Crippen LogP contribution < -0.4 is 0 Å². The van der Waals surface area contributed by atoms with Crippen LogP contribution in [0.5, 0.6) is 0 Å². The normalized spacial score (nSPS) is 29.0. The monoisotopic (exact) mass is 338 g/mol. The Morgan fingerprint density at radius 2 is 1.52 bits per heavy atom. The maximum Gasteiger partial charge on any atom is 0.247 e. The number of hydrogen-bond acceptors (Lipinski definition) is 3. The van der Waals surface area contributed by atoms with Gasteiger partial charge in [0.2, 0.25) is 17.7 Å². The molecule has 25 heavy (non-hydrogen) atoms. The molecule has 1 aromatic rings. The van der Waals surface area contributed by atoms with Crippen molar-refractivity contribution >= 4 is 23.8 Å². The summed E-state index contributed by atoms with van der Waals surface area (Å²) in [6.45, 7) is 0. The van der Waals surface area contributed by atoms with Gasteiger partial charge in [0.25, 0.3) is 0 Å². The third-order valence-electron chi connectivity index (χ3n) is 5.64. The molecule has 2 bridgehead atoms. The molecule has 2 atom stereocenters. The molecule has 0 N–H and O–H groups in total. The van der Waals surface area contributed by atoms with Crippen LogP contribution in [0.2, 0.25) is 0 Å². The van der Waals surface area contributed by atoms with E-state index in [0.29, 0.717) is 12.8 Å². The van der Waals surface area contributed by atoms with Gasteiger partial charge < -0.3 is 4.90 Å². The van der Waals surface area contributed by atoms with Crippen molar-refractivity contribution in [2.45, 2.75) is 56.7 Å². The third kappa shape index (κ3) is 2.99. The van der Waals surface area contributed by atoms with Crippen molar-refractivity contribution < 1.29 is 14.4 Å². The van der Waals surface area contributed by atoms with Gasteiger partial charge >= 0.3 is 0 Å². The Morgan fingerprint density at radius 3 is 2.12 bits per heavy atom. The number of carbonyl (C=O) groups excluding carboxylic acids is 3. The SMILES string of the molecule is O=C1CCC(=O)N1C1CC2CCC(C1)N2C(=O)/C=C/c1ccccc1. The molecule has 0 radical (unpaired) electrons. The van der Waals surface area contributed by atoms with Crippen LogP contribution in [0.1, 0.15) is 44.1 Å². The predicted octanol–water partition coefficient (Wildman–Crippen LogP) is 2.37. The van der Waals surface area contributed by atoms with Gasteiger partial charge in [-0.25, -0.2) is 0 Å². The maximum atomic E-state index is 12.7. The van der Waals surface area contributed by atoms with Gasteiger partial charge in [0.15, 0.2) is 0 Å². The van der Waals surface area contributed by atoms with Crippen LogP contribution in [0.4, 0.5) is 0 Å². The Labute approximate surface area is 147 Å². The van der Waals surface area contributed by atoms with E-state index in [9.17, 15) is 14.4 Å². The lowest BCUT2D eigenvalue weighted by Crippen LogP contribution is -2.53. The van der Waals surface area contributed by atoms with Crippen LogP contribution in [0.3, 0.4) is 0 Å². The first-order chi connectivity index (χ1) is 12.1. The quantitative estimate of drug-likeness (QED) is 0.628. The van der Waals surface area contributed by atoms with Gasteiger partial charge in [0.05, 0.1) is 0 Å². The van der Waals surface area contributed by atoms with Gasteiger partial charge in [-0.3, -0.25) is 19.3 Å². The molecular formula is C20H22N2O3. The molecule has 3 aliphatic rings. The number of fused-ring (bicyclic) bond motifs is 2. The van der Waals surface area contributed by atoms with Gasteiger partial charge in [0, 0.05) is 37.0 Å². The number of likely N-dealkylation sites (tertiary alicyclic amines) is 1. The lowest BCUT2D eigenvalue weighted by atomic mass is 9.95. The predicted molar refractivity (Wildman–Crippen MR) is 93.2 cm³/mol. The summed E-state index contributed by atoms with van der Waals surface area (Å²) in [6.07, 6.45) is 7.54. The minimum absolute atomic E-state index is 0.0258. The number of nitrogens with zero attached hydrogens (tertiary/aromatic N) is 2. The molecule has 3 aliphatic heterocycles. The first kappa shape index (κ1) is 16.1. The molecule has 0 saturated carbocycles. The van der Waals surface area contributed by atoms with Crippen molar-refractivity contribution in [1.82, 2.24) is 9.80 Å². The summed E-state index contributed by atoms with van der Waals surface area (Å²) in [6, 6.07) is 10.0. The summed E-state index contributed by atoms with van der Waals surface area (Å²) in [5, 5.41) is 0. The zero-order valence-corrected chi connectivity index (χ0v) is 14.1. The van der Waals surface area contributed by atoms with E-state index >= 15 is 0 Å². The van der Waals surface area contributed by atoms with E-state index in [-0.39, 0.29) is 35.8 Å². The molecule has 130 valence electrons. The van der Waals surface area contributed by atoms with Gasteiger partial charge in [-0.15, -0.1) is 0 Å². The highest BCUT2D eigenvalue weighted by Crippen LogP contribution is 2.39. The van der Waals surface area contributed by atoms with Gasteiger partial charge in [-0.05, 0) is 37.3 Å². The van der Waals surface area contributed by atoms with Crippen molar-refractivity contribution in [3.8, 4) is 0 Å². The number of amides is 3. The number of piperidine rings is 1. The topological polar surface area (TPSA) is 57.7 Å². The third-order valence-corrected chi connectivity index (χ3v) is 5.64. The summed E-state index contributed by atoms with van der Waals surface area (Å²) in [4.78, 5) is 40.1. The number of benzene rings is 1. The molecule has 1 aromatic carbocycles. The fraction of sp³-hybridized carbons (Fsp3) is 0.450. The van der Waals surface area contributed by atoms with Crippen molar-refractivity contribution in [2.24, 2.45) is 0 Å². The highest BCUT2D eigenvalue weighted by molar-refractivity contribution is 6.02. The Kier molecular flexibility index (Phi) is 4.15. The first-order valence-electron chi connectivity index (χ1n) is 9.04. The van der Waals surface area contributed by atoms with E-state index in [0.717, 1.165) is 31.2 Å². The Bertz CT molecular complexity index is 698. The Hall–Kier alpha value is -2.43. The molecule has 3 saturated heterocycles.